The summed E-state index contributed by atoms with van der Waals surface area (Å²) in [5.41, 5.74) is -0.937. The van der Waals surface area contributed by atoms with Gasteiger partial charge in [0.2, 0.25) is 10.0 Å². The van der Waals surface area contributed by atoms with Crippen molar-refractivity contribution in [3.05, 3.63) is 27.7 Å². The van der Waals surface area contributed by atoms with Gasteiger partial charge >= 0.3 is 0 Å². The molecule has 1 saturated carbocycles. The largest absolute Gasteiger partial charge is 0.389 e. The topological polar surface area (TPSA) is 66.4 Å². The van der Waals surface area contributed by atoms with Crippen LogP contribution in [0.5, 0.6) is 0 Å². The highest BCUT2D eigenvalue weighted by atomic mass is 79.9. The van der Waals surface area contributed by atoms with Crippen LogP contribution < -0.4 is 4.72 Å². The fraction of sp³-hybridized carbons (Fsp3) is 0.571. The van der Waals surface area contributed by atoms with E-state index in [1.54, 1.807) is 0 Å². The Morgan fingerprint density at radius 1 is 1.24 bits per heavy atom. The maximum Gasteiger partial charge on any atom is 0.240 e. The molecule has 0 saturated heterocycles. The van der Waals surface area contributed by atoms with Crippen molar-refractivity contribution in [2.45, 2.75) is 49.0 Å². The van der Waals surface area contributed by atoms with E-state index in [2.05, 4.69) is 20.7 Å². The summed E-state index contributed by atoms with van der Waals surface area (Å²) >= 11 is 9.08. The van der Waals surface area contributed by atoms with Crippen LogP contribution in [0.25, 0.3) is 0 Å². The molecular formula is C14H19BrClNO3S. The van der Waals surface area contributed by atoms with Crippen LogP contribution in [0.1, 0.15) is 38.5 Å². The Balaban J connectivity index is 2.08. The Bertz CT molecular complexity index is 598. The molecule has 1 aromatic carbocycles. The summed E-state index contributed by atoms with van der Waals surface area (Å²) < 4.78 is 27.6. The highest BCUT2D eigenvalue weighted by Crippen LogP contribution is 2.28. The van der Waals surface area contributed by atoms with Crippen LogP contribution >= 0.6 is 27.5 Å². The predicted octanol–water partition coefficient (Wildman–Crippen LogP) is 3.47. The van der Waals surface area contributed by atoms with Gasteiger partial charge in [0, 0.05) is 11.0 Å². The molecule has 21 heavy (non-hydrogen) atoms. The third kappa shape index (κ3) is 4.66. The zero-order valence-corrected chi connectivity index (χ0v) is 14.8. The summed E-state index contributed by atoms with van der Waals surface area (Å²) in [7, 11) is -3.65. The summed E-state index contributed by atoms with van der Waals surface area (Å²) in [5, 5.41) is 11.0. The van der Waals surface area contributed by atoms with Crippen molar-refractivity contribution in [1.29, 1.82) is 0 Å². The zero-order chi connectivity index (χ0) is 15.5. The summed E-state index contributed by atoms with van der Waals surface area (Å²) in [6.45, 7) is 0.0512. The lowest BCUT2D eigenvalue weighted by molar-refractivity contribution is 0.0303. The Morgan fingerprint density at radius 3 is 2.43 bits per heavy atom. The average Bonchev–Trinajstić information content (AvgIpc) is 2.65. The first-order chi connectivity index (χ1) is 9.82. The molecule has 118 valence electrons. The van der Waals surface area contributed by atoms with Crippen LogP contribution in [-0.4, -0.2) is 25.7 Å². The molecule has 0 radical (unpaired) electrons. The second kappa shape index (κ2) is 6.96. The van der Waals surface area contributed by atoms with Crippen molar-refractivity contribution in [3.63, 3.8) is 0 Å². The van der Waals surface area contributed by atoms with Crippen molar-refractivity contribution >= 4 is 37.6 Å². The Labute approximate surface area is 139 Å². The first kappa shape index (κ1) is 17.2. The lowest BCUT2D eigenvalue weighted by Crippen LogP contribution is -2.42. The number of benzene rings is 1. The van der Waals surface area contributed by atoms with E-state index in [0.29, 0.717) is 22.3 Å². The van der Waals surface area contributed by atoms with Gasteiger partial charge in [0.1, 0.15) is 0 Å². The highest BCUT2D eigenvalue weighted by Gasteiger charge is 2.30. The number of hydrogen-bond donors (Lipinski definition) is 2. The van der Waals surface area contributed by atoms with Gasteiger partial charge in [-0.25, -0.2) is 13.1 Å². The molecule has 1 aliphatic rings. The second-order valence-electron chi connectivity index (χ2n) is 5.54. The Morgan fingerprint density at radius 2 is 1.86 bits per heavy atom. The van der Waals surface area contributed by atoms with Gasteiger partial charge in [0.05, 0.1) is 15.5 Å². The van der Waals surface area contributed by atoms with Crippen LogP contribution in [-0.2, 0) is 10.0 Å². The quantitative estimate of drug-likeness (QED) is 0.766. The molecular weight excluding hydrogens is 378 g/mol. The maximum absolute atomic E-state index is 12.3. The van der Waals surface area contributed by atoms with E-state index >= 15 is 0 Å². The number of aliphatic hydroxyl groups is 1. The maximum atomic E-state index is 12.3. The fourth-order valence-corrected chi connectivity index (χ4v) is 4.31. The van der Waals surface area contributed by atoms with E-state index in [0.717, 1.165) is 25.7 Å². The van der Waals surface area contributed by atoms with Crippen LogP contribution in [0.2, 0.25) is 5.02 Å². The molecule has 0 spiro atoms. The van der Waals surface area contributed by atoms with Crippen molar-refractivity contribution in [3.8, 4) is 0 Å². The SMILES string of the molecule is O=S(=O)(NCC1(O)CCCCCC1)c1ccc(Cl)c(Br)c1. The molecule has 0 atom stereocenters. The molecule has 1 aromatic rings. The van der Waals surface area contributed by atoms with Crippen LogP contribution in [0.3, 0.4) is 0 Å². The highest BCUT2D eigenvalue weighted by molar-refractivity contribution is 9.10. The van der Waals surface area contributed by atoms with E-state index < -0.39 is 15.6 Å². The minimum absolute atomic E-state index is 0.0512. The lowest BCUT2D eigenvalue weighted by atomic mass is 9.95. The molecule has 0 amide bonds. The molecule has 0 unspecified atom stereocenters. The summed E-state index contributed by atoms with van der Waals surface area (Å²) in [6, 6.07) is 4.44. The third-order valence-electron chi connectivity index (χ3n) is 3.83. The molecule has 4 nitrogen and oxygen atoms in total. The summed E-state index contributed by atoms with van der Waals surface area (Å²) in [6.07, 6.45) is 5.34. The third-order valence-corrected chi connectivity index (χ3v) is 6.44. The van der Waals surface area contributed by atoms with Crippen LogP contribution in [0, 0.1) is 0 Å². The summed E-state index contributed by atoms with van der Waals surface area (Å²) in [5.74, 6) is 0. The van der Waals surface area contributed by atoms with E-state index in [1.807, 2.05) is 0 Å². The fourth-order valence-electron chi connectivity index (χ4n) is 2.52. The molecule has 0 bridgehead atoms. The number of sulfonamides is 1. The average molecular weight is 397 g/mol. The molecule has 7 heteroatoms. The van der Waals surface area contributed by atoms with Gasteiger partial charge in [-0.1, -0.05) is 37.3 Å². The number of nitrogens with one attached hydrogen (secondary N) is 1. The molecule has 0 heterocycles. The first-order valence-corrected chi connectivity index (χ1v) is 9.65. The van der Waals surface area contributed by atoms with Gasteiger partial charge < -0.3 is 5.11 Å². The van der Waals surface area contributed by atoms with Gasteiger partial charge in [-0.2, -0.15) is 0 Å². The van der Waals surface area contributed by atoms with Crippen molar-refractivity contribution < 1.29 is 13.5 Å². The monoisotopic (exact) mass is 395 g/mol. The van der Waals surface area contributed by atoms with E-state index in [-0.39, 0.29) is 11.4 Å². The predicted molar refractivity (Wildman–Crippen MR) is 87.0 cm³/mol. The van der Waals surface area contributed by atoms with Crippen molar-refractivity contribution in [1.82, 2.24) is 4.72 Å². The van der Waals surface area contributed by atoms with Crippen LogP contribution in [0.4, 0.5) is 0 Å². The Kier molecular flexibility index (Phi) is 5.71. The molecule has 0 aliphatic heterocycles. The first-order valence-electron chi connectivity index (χ1n) is 7.00. The Hall–Kier alpha value is -0.140. The van der Waals surface area contributed by atoms with Gasteiger partial charge in [-0.05, 0) is 47.0 Å². The van der Waals surface area contributed by atoms with Crippen LogP contribution in [0.15, 0.2) is 27.6 Å². The normalized spacial score (nSPS) is 19.2. The number of hydrogen-bond acceptors (Lipinski definition) is 3. The van der Waals surface area contributed by atoms with E-state index in [9.17, 15) is 13.5 Å². The van der Waals surface area contributed by atoms with Crippen molar-refractivity contribution in [2.75, 3.05) is 6.54 Å². The molecule has 1 aliphatic carbocycles. The van der Waals surface area contributed by atoms with Gasteiger partial charge in [0.15, 0.2) is 0 Å². The molecule has 2 rings (SSSR count). The van der Waals surface area contributed by atoms with Gasteiger partial charge in [-0.3, -0.25) is 0 Å². The molecule has 2 N–H and O–H groups in total. The molecule has 1 fully saturated rings. The zero-order valence-electron chi connectivity index (χ0n) is 11.6. The number of halogens is 2. The summed E-state index contributed by atoms with van der Waals surface area (Å²) in [4.78, 5) is 0.135. The minimum atomic E-state index is -3.65. The molecule has 0 aromatic heterocycles. The van der Waals surface area contributed by atoms with E-state index in [1.165, 1.54) is 18.2 Å². The van der Waals surface area contributed by atoms with Gasteiger partial charge in [-0.15, -0.1) is 0 Å². The number of rotatable bonds is 4. The lowest BCUT2D eigenvalue weighted by Gasteiger charge is -2.26. The minimum Gasteiger partial charge on any atom is -0.389 e. The van der Waals surface area contributed by atoms with Gasteiger partial charge in [0.25, 0.3) is 0 Å². The standard InChI is InChI=1S/C14H19BrClNO3S/c15-12-9-11(5-6-13(12)16)21(19,20)17-10-14(18)7-3-1-2-4-8-14/h5-6,9,17-18H,1-4,7-8,10H2. The van der Waals surface area contributed by atoms with Crippen molar-refractivity contribution in [2.24, 2.45) is 0 Å². The van der Waals surface area contributed by atoms with E-state index in [4.69, 9.17) is 11.6 Å². The second-order valence-corrected chi connectivity index (χ2v) is 8.57. The smallest absolute Gasteiger partial charge is 0.240 e.